The molecule has 116 valence electrons. The highest BCUT2D eigenvalue weighted by Gasteiger charge is 2.19. The van der Waals surface area contributed by atoms with Gasteiger partial charge in [-0.05, 0) is 69.0 Å². The molecule has 0 N–H and O–H groups in total. The maximum atomic E-state index is 12.4. The minimum Gasteiger partial charge on any atom is -0.494 e. The van der Waals surface area contributed by atoms with Gasteiger partial charge in [-0.25, -0.2) is 0 Å². The molecule has 0 atom stereocenters. The Balaban J connectivity index is 2.02. The second-order valence-electron chi connectivity index (χ2n) is 5.99. The maximum absolute atomic E-state index is 12.4. The van der Waals surface area contributed by atoms with Crippen molar-refractivity contribution in [1.29, 1.82) is 0 Å². The van der Waals surface area contributed by atoms with Crippen LogP contribution in [0.25, 0.3) is 0 Å². The molecule has 1 saturated heterocycles. The van der Waals surface area contributed by atoms with Gasteiger partial charge >= 0.3 is 0 Å². The summed E-state index contributed by atoms with van der Waals surface area (Å²) >= 11 is 0. The molecule has 1 aromatic rings. The average molecular weight is 289 g/mol. The smallest absolute Gasteiger partial charge is 0.176 e. The van der Waals surface area contributed by atoms with Gasteiger partial charge in [0.2, 0.25) is 0 Å². The number of ether oxygens (including phenoxy) is 1. The number of rotatable bonds is 6. The van der Waals surface area contributed by atoms with Crippen LogP contribution in [0.15, 0.2) is 18.2 Å². The summed E-state index contributed by atoms with van der Waals surface area (Å²) < 4.78 is 5.60. The van der Waals surface area contributed by atoms with Crippen LogP contribution in [0.5, 0.6) is 5.75 Å². The fraction of sp³-hybridized carbons (Fsp3) is 0.611. The first-order chi connectivity index (χ1) is 10.1. The Bertz CT molecular complexity index is 476. The third-order valence-corrected chi connectivity index (χ3v) is 4.31. The molecule has 1 fully saturated rings. The molecular weight excluding hydrogens is 262 g/mol. The number of nitrogens with zero attached hydrogens (tertiary/aromatic N) is 1. The first-order valence-corrected chi connectivity index (χ1v) is 8.15. The van der Waals surface area contributed by atoms with Crippen molar-refractivity contribution in [2.24, 2.45) is 5.92 Å². The average Bonchev–Trinajstić information content (AvgIpc) is 2.50. The Morgan fingerprint density at radius 2 is 2.00 bits per heavy atom. The van der Waals surface area contributed by atoms with Crippen molar-refractivity contribution in [2.75, 3.05) is 26.2 Å². The van der Waals surface area contributed by atoms with Gasteiger partial charge in [0.15, 0.2) is 5.78 Å². The van der Waals surface area contributed by atoms with E-state index in [9.17, 15) is 4.79 Å². The summed E-state index contributed by atoms with van der Waals surface area (Å²) in [6, 6.07) is 5.84. The van der Waals surface area contributed by atoms with Crippen LogP contribution in [0.2, 0.25) is 0 Å². The first-order valence-electron chi connectivity index (χ1n) is 8.15. The van der Waals surface area contributed by atoms with Gasteiger partial charge in [0.25, 0.3) is 0 Å². The Morgan fingerprint density at radius 3 is 2.62 bits per heavy atom. The molecular formula is C18H27NO2. The first kappa shape index (κ1) is 16.0. The number of hydrogen-bond acceptors (Lipinski definition) is 3. The molecule has 1 heterocycles. The van der Waals surface area contributed by atoms with Crippen molar-refractivity contribution in [2.45, 2.75) is 40.0 Å². The zero-order valence-electron chi connectivity index (χ0n) is 13.5. The van der Waals surface area contributed by atoms with Gasteiger partial charge in [-0.3, -0.25) is 9.69 Å². The van der Waals surface area contributed by atoms with Crippen molar-refractivity contribution in [3.63, 3.8) is 0 Å². The molecule has 0 unspecified atom stereocenters. The summed E-state index contributed by atoms with van der Waals surface area (Å²) in [6.07, 6.45) is 3.30. The molecule has 0 spiro atoms. The van der Waals surface area contributed by atoms with Gasteiger partial charge in [0.05, 0.1) is 13.2 Å². The van der Waals surface area contributed by atoms with E-state index in [0.717, 1.165) is 42.3 Å². The molecule has 0 radical (unpaired) electrons. The highest BCUT2D eigenvalue weighted by atomic mass is 16.5. The van der Waals surface area contributed by atoms with Crippen molar-refractivity contribution in [1.82, 2.24) is 4.90 Å². The van der Waals surface area contributed by atoms with Crippen LogP contribution < -0.4 is 4.74 Å². The summed E-state index contributed by atoms with van der Waals surface area (Å²) in [5, 5.41) is 0. The fourth-order valence-corrected chi connectivity index (χ4v) is 2.84. The molecule has 21 heavy (non-hydrogen) atoms. The van der Waals surface area contributed by atoms with E-state index in [1.165, 1.54) is 12.8 Å². The summed E-state index contributed by atoms with van der Waals surface area (Å²) in [7, 11) is 0. The van der Waals surface area contributed by atoms with Gasteiger partial charge in [-0.1, -0.05) is 13.8 Å². The number of carbonyl (C=O) groups excluding carboxylic acids is 1. The predicted molar refractivity (Wildman–Crippen MR) is 86.2 cm³/mol. The van der Waals surface area contributed by atoms with Crippen molar-refractivity contribution in [3.05, 3.63) is 29.3 Å². The van der Waals surface area contributed by atoms with Crippen molar-refractivity contribution < 1.29 is 9.53 Å². The standard InChI is InChI=1S/C18H27NO2/c1-4-15-12-16(6-7-18(15)21-5-2)17(20)13-19-10-8-14(3)9-11-19/h6-7,12,14H,4-5,8-11,13H2,1-3H3. The van der Waals surface area contributed by atoms with Crippen LogP contribution in [0, 0.1) is 5.92 Å². The Hall–Kier alpha value is -1.35. The molecule has 3 nitrogen and oxygen atoms in total. The topological polar surface area (TPSA) is 29.5 Å². The highest BCUT2D eigenvalue weighted by molar-refractivity contribution is 5.98. The lowest BCUT2D eigenvalue weighted by Crippen LogP contribution is -2.36. The minimum absolute atomic E-state index is 0.224. The van der Waals surface area contributed by atoms with Gasteiger partial charge < -0.3 is 4.74 Å². The second-order valence-corrected chi connectivity index (χ2v) is 5.99. The Labute approximate surface area is 128 Å². The monoisotopic (exact) mass is 289 g/mol. The molecule has 1 aliphatic rings. The van der Waals surface area contributed by atoms with Gasteiger partial charge in [-0.2, -0.15) is 0 Å². The lowest BCUT2D eigenvalue weighted by atomic mass is 9.98. The lowest BCUT2D eigenvalue weighted by molar-refractivity contribution is 0.0899. The number of ketones is 1. The number of Topliss-reactive ketones (excluding diaryl/α,β-unsaturated/α-hetero) is 1. The van der Waals surface area contributed by atoms with Crippen LogP contribution in [0.1, 0.15) is 49.5 Å². The highest BCUT2D eigenvalue weighted by Crippen LogP contribution is 2.22. The molecule has 2 rings (SSSR count). The Kier molecular flexibility index (Phi) is 5.80. The predicted octanol–water partition coefficient (Wildman–Crippen LogP) is 3.56. The maximum Gasteiger partial charge on any atom is 0.176 e. The molecule has 0 bridgehead atoms. The van der Waals surface area contributed by atoms with E-state index in [-0.39, 0.29) is 5.78 Å². The van der Waals surface area contributed by atoms with E-state index in [0.29, 0.717) is 13.2 Å². The lowest BCUT2D eigenvalue weighted by Gasteiger charge is -2.29. The number of piperidine rings is 1. The fourth-order valence-electron chi connectivity index (χ4n) is 2.84. The van der Waals surface area contributed by atoms with E-state index in [1.54, 1.807) is 0 Å². The zero-order chi connectivity index (χ0) is 15.2. The van der Waals surface area contributed by atoms with E-state index in [2.05, 4.69) is 18.7 Å². The zero-order valence-corrected chi connectivity index (χ0v) is 13.5. The molecule has 3 heteroatoms. The van der Waals surface area contributed by atoms with Crippen molar-refractivity contribution >= 4 is 5.78 Å². The number of aryl methyl sites for hydroxylation is 1. The summed E-state index contributed by atoms with van der Waals surface area (Å²) in [5.41, 5.74) is 1.93. The SMILES string of the molecule is CCOc1ccc(C(=O)CN2CCC(C)CC2)cc1CC. The number of benzene rings is 1. The van der Waals surface area contributed by atoms with Crippen molar-refractivity contribution in [3.8, 4) is 5.75 Å². The third-order valence-electron chi connectivity index (χ3n) is 4.31. The van der Waals surface area contributed by atoms with Crippen LogP contribution >= 0.6 is 0 Å². The minimum atomic E-state index is 0.224. The molecule has 0 aromatic heterocycles. The van der Waals surface area contributed by atoms with E-state index in [1.807, 2.05) is 25.1 Å². The summed E-state index contributed by atoms with van der Waals surface area (Å²) in [6.45, 7) is 9.67. The molecule has 0 aliphatic carbocycles. The summed E-state index contributed by atoms with van der Waals surface area (Å²) in [4.78, 5) is 14.7. The summed E-state index contributed by atoms with van der Waals surface area (Å²) in [5.74, 6) is 1.93. The van der Waals surface area contributed by atoms with Gasteiger partial charge in [0, 0.05) is 5.56 Å². The normalized spacial score (nSPS) is 16.9. The van der Waals surface area contributed by atoms with E-state index >= 15 is 0 Å². The largest absolute Gasteiger partial charge is 0.494 e. The molecule has 1 aromatic carbocycles. The van der Waals surface area contributed by atoms with Gasteiger partial charge in [0.1, 0.15) is 5.75 Å². The van der Waals surface area contributed by atoms with Crippen LogP contribution in [-0.4, -0.2) is 36.9 Å². The molecule has 1 aliphatic heterocycles. The molecule has 0 amide bonds. The second kappa shape index (κ2) is 7.60. The van der Waals surface area contributed by atoms with Crippen LogP contribution in [0.3, 0.4) is 0 Å². The van der Waals surface area contributed by atoms with Gasteiger partial charge in [-0.15, -0.1) is 0 Å². The number of hydrogen-bond donors (Lipinski definition) is 0. The van der Waals surface area contributed by atoms with Crippen LogP contribution in [-0.2, 0) is 6.42 Å². The quantitative estimate of drug-likeness (QED) is 0.750. The van der Waals surface area contributed by atoms with E-state index in [4.69, 9.17) is 4.74 Å². The Morgan fingerprint density at radius 1 is 1.29 bits per heavy atom. The third kappa shape index (κ3) is 4.31. The molecule has 0 saturated carbocycles. The number of carbonyl (C=O) groups is 1. The van der Waals surface area contributed by atoms with E-state index < -0.39 is 0 Å². The number of likely N-dealkylation sites (tertiary alicyclic amines) is 1. The van der Waals surface area contributed by atoms with Crippen LogP contribution in [0.4, 0.5) is 0 Å².